The molecule has 301 valence electrons. The van der Waals surface area contributed by atoms with Gasteiger partial charge in [0.2, 0.25) is 0 Å². The predicted octanol–water partition coefficient (Wildman–Crippen LogP) is 15.1. The van der Waals surface area contributed by atoms with Gasteiger partial charge in [-0.3, -0.25) is 9.78 Å². The molecule has 6 rings (SSSR count). The molecular weight excluding hydrogens is 887 g/mol. The van der Waals surface area contributed by atoms with Gasteiger partial charge in [-0.25, -0.2) is 0 Å². The van der Waals surface area contributed by atoms with Gasteiger partial charge in [0.1, 0.15) is 17.1 Å². The van der Waals surface area contributed by atoms with Gasteiger partial charge in [0.05, 0.1) is 0 Å². The summed E-state index contributed by atoms with van der Waals surface area (Å²) in [6.45, 7) is 27.9. The molecule has 0 saturated carbocycles. The van der Waals surface area contributed by atoms with Crippen molar-refractivity contribution in [1.82, 2.24) is 4.98 Å². The van der Waals surface area contributed by atoms with E-state index in [9.17, 15) is 9.90 Å². The number of pyridine rings is 1. The molecule has 1 radical (unpaired) electrons. The molecule has 0 unspecified atom stereocenters. The molecule has 0 fully saturated rings. The Balaban J connectivity index is 0.000000330. The minimum absolute atomic E-state index is 0. The van der Waals surface area contributed by atoms with Crippen molar-refractivity contribution < 1.29 is 34.4 Å². The molecule has 0 atom stereocenters. The minimum Gasteiger partial charge on any atom is -0.512 e. The fraction of sp³-hybridized carbons (Fsp3) is 0.440. The summed E-state index contributed by atoms with van der Waals surface area (Å²) in [5, 5.41) is 14.9. The maximum absolute atomic E-state index is 12.2. The van der Waals surface area contributed by atoms with E-state index in [-0.39, 0.29) is 47.9 Å². The smallest absolute Gasteiger partial charge is 0.164 e. The summed E-state index contributed by atoms with van der Waals surface area (Å²) in [6, 6.07) is 23.2. The summed E-state index contributed by atoms with van der Waals surface area (Å²) in [4.78, 5) is 18.5. The first-order valence-corrected chi connectivity index (χ1v) is 21.0. The van der Waals surface area contributed by atoms with Crippen LogP contribution in [0.2, 0.25) is 0 Å². The molecule has 3 aromatic heterocycles. The molecule has 0 saturated heterocycles. The summed E-state index contributed by atoms with van der Waals surface area (Å²) in [5.74, 6) is 1.86. The van der Waals surface area contributed by atoms with Crippen molar-refractivity contribution >= 4 is 48.9 Å². The second-order valence-electron chi connectivity index (χ2n) is 17.4. The molecule has 56 heavy (non-hydrogen) atoms. The van der Waals surface area contributed by atoms with Crippen molar-refractivity contribution in [2.24, 2.45) is 16.7 Å². The Labute approximate surface area is 353 Å². The first-order valence-electron chi connectivity index (χ1n) is 20.2. The Morgan fingerprint density at radius 2 is 1.50 bits per heavy atom. The Bertz CT molecular complexity index is 2340. The van der Waals surface area contributed by atoms with E-state index in [1.807, 2.05) is 59.1 Å². The van der Waals surface area contributed by atoms with Crippen LogP contribution in [0, 0.1) is 36.7 Å². The van der Waals surface area contributed by atoms with Crippen LogP contribution in [-0.2, 0) is 36.7 Å². The number of aryl methyl sites for hydroxylation is 2. The third kappa shape index (κ3) is 9.09. The first-order chi connectivity index (χ1) is 25.9. The SMILES string of the molecule is CCC(C)(CC)C(=O)/C=C(\O)C(C)(CC)CC.Cc1c(CC(C)C)sc2cc(-c3oc4c(-c5[c-]c6ccccc6c(C(C)(C)C)c5)nccc4c3C)ccc12.[Ir]. The van der Waals surface area contributed by atoms with Gasteiger partial charge in [-0.2, -0.15) is 0 Å². The molecule has 0 aliphatic carbocycles. The van der Waals surface area contributed by atoms with Crippen LogP contribution in [0.5, 0.6) is 0 Å². The molecule has 0 amide bonds. The maximum Gasteiger partial charge on any atom is 0.164 e. The molecule has 3 heterocycles. The first kappa shape index (κ1) is 45.1. The number of benzene rings is 3. The van der Waals surface area contributed by atoms with Crippen molar-refractivity contribution in [2.75, 3.05) is 0 Å². The molecule has 0 spiro atoms. The van der Waals surface area contributed by atoms with Crippen molar-refractivity contribution in [3.8, 4) is 22.6 Å². The number of hydrogen-bond acceptors (Lipinski definition) is 5. The number of nitrogens with zero attached hydrogens (tertiary/aromatic N) is 1. The van der Waals surface area contributed by atoms with E-state index in [4.69, 9.17) is 9.40 Å². The van der Waals surface area contributed by atoms with E-state index in [0.717, 1.165) is 76.6 Å². The fourth-order valence-corrected chi connectivity index (χ4v) is 8.72. The van der Waals surface area contributed by atoms with Crippen molar-refractivity contribution in [2.45, 2.75) is 128 Å². The number of carbonyl (C=O) groups excluding carboxylic acids is 1. The van der Waals surface area contributed by atoms with Gasteiger partial charge >= 0.3 is 0 Å². The van der Waals surface area contributed by atoms with E-state index in [0.29, 0.717) is 5.92 Å². The number of aliphatic hydroxyl groups is 1. The number of fused-ring (bicyclic) bond motifs is 3. The standard InChI is InChI=1S/C35H34NOS.C15H28O2.Ir/c1-20(2)16-30-21(3)26-13-12-24(19-31(26)38-30)33-22(4)27-14-15-36-32(34(27)37-33)25-17-23-10-8-9-11-28(23)29(18-25)35(5,6)7;1-7-14(5,8-2)12(16)11-13(17)15(6,9-3)10-4;/h8-15,18-20H,16H2,1-7H3;11,16H,7-10H2,1-6H3;/q-1;;/b;12-11-;. The molecule has 0 bridgehead atoms. The van der Waals surface area contributed by atoms with Crippen LogP contribution in [0.1, 0.15) is 123 Å². The van der Waals surface area contributed by atoms with Crippen LogP contribution in [-0.4, -0.2) is 15.9 Å². The molecule has 1 N–H and O–H groups in total. The van der Waals surface area contributed by atoms with Crippen LogP contribution < -0.4 is 0 Å². The van der Waals surface area contributed by atoms with Gasteiger partial charge in [0.25, 0.3) is 0 Å². The number of thiophene rings is 1. The van der Waals surface area contributed by atoms with E-state index < -0.39 is 0 Å². The number of furan rings is 1. The van der Waals surface area contributed by atoms with Gasteiger partial charge in [0, 0.05) is 75.0 Å². The number of carbonyl (C=O) groups is 1. The van der Waals surface area contributed by atoms with Gasteiger partial charge in [0.15, 0.2) is 5.78 Å². The van der Waals surface area contributed by atoms with Crippen LogP contribution >= 0.6 is 11.3 Å². The normalized spacial score (nSPS) is 12.6. The van der Waals surface area contributed by atoms with Crippen LogP contribution in [0.3, 0.4) is 0 Å². The number of aliphatic hydroxyl groups excluding tert-OH is 1. The maximum atomic E-state index is 12.2. The summed E-state index contributed by atoms with van der Waals surface area (Å²) in [6.07, 6.45) is 7.77. The summed E-state index contributed by atoms with van der Waals surface area (Å²) in [7, 11) is 0. The third-order valence-electron chi connectivity index (χ3n) is 12.2. The number of allylic oxidation sites excluding steroid dienone is 2. The molecule has 3 aromatic carbocycles. The average Bonchev–Trinajstić information content (AvgIpc) is 3.67. The number of hydrogen-bond donors (Lipinski definition) is 1. The van der Waals surface area contributed by atoms with E-state index >= 15 is 0 Å². The van der Waals surface area contributed by atoms with Gasteiger partial charge in [-0.05, 0) is 80.4 Å². The molecule has 6 aromatic rings. The molecule has 6 heteroatoms. The molecule has 0 aliphatic rings. The Morgan fingerprint density at radius 3 is 2.11 bits per heavy atom. The average molecular weight is 949 g/mol. The second kappa shape index (κ2) is 17.9. The van der Waals surface area contributed by atoms with Crippen molar-refractivity contribution in [1.29, 1.82) is 0 Å². The third-order valence-corrected chi connectivity index (χ3v) is 13.5. The molecule has 4 nitrogen and oxygen atoms in total. The van der Waals surface area contributed by atoms with Gasteiger partial charge in [-0.15, -0.1) is 40.5 Å². The summed E-state index contributed by atoms with van der Waals surface area (Å²) < 4.78 is 8.01. The predicted molar refractivity (Wildman–Crippen MR) is 236 cm³/mol. The van der Waals surface area contributed by atoms with Crippen LogP contribution in [0.4, 0.5) is 0 Å². The summed E-state index contributed by atoms with van der Waals surface area (Å²) in [5.41, 5.74) is 7.01. The van der Waals surface area contributed by atoms with E-state index in [1.165, 1.54) is 37.6 Å². The monoisotopic (exact) mass is 949 g/mol. The quantitative estimate of drug-likeness (QED) is 0.0798. The van der Waals surface area contributed by atoms with E-state index in [2.05, 4.69) is 109 Å². The number of ketones is 1. The number of aromatic nitrogens is 1. The van der Waals surface area contributed by atoms with Crippen LogP contribution in [0.25, 0.3) is 54.4 Å². The topological polar surface area (TPSA) is 63.3 Å². The fourth-order valence-electron chi connectivity index (χ4n) is 7.26. The largest absolute Gasteiger partial charge is 0.512 e. The number of rotatable bonds is 11. The zero-order valence-corrected chi connectivity index (χ0v) is 39.1. The molecule has 0 aliphatic heterocycles. The van der Waals surface area contributed by atoms with Crippen LogP contribution in [0.15, 0.2) is 77.0 Å². The van der Waals surface area contributed by atoms with Gasteiger partial charge < -0.3 is 9.52 Å². The van der Waals surface area contributed by atoms with Crippen molar-refractivity contribution in [3.05, 3.63) is 100 Å². The van der Waals surface area contributed by atoms with Gasteiger partial charge in [-0.1, -0.05) is 117 Å². The van der Waals surface area contributed by atoms with Crippen molar-refractivity contribution in [3.63, 3.8) is 0 Å². The summed E-state index contributed by atoms with van der Waals surface area (Å²) >= 11 is 1.92. The minimum atomic E-state index is -0.337. The second-order valence-corrected chi connectivity index (χ2v) is 18.5. The van der Waals surface area contributed by atoms with E-state index in [1.54, 1.807) is 0 Å². The Hall–Kier alpha value is -3.57. The Kier molecular flexibility index (Phi) is 14.4. The zero-order chi connectivity index (χ0) is 40.5. The molecular formula is C50H62IrNO3S-. The zero-order valence-electron chi connectivity index (χ0n) is 35.9. The Morgan fingerprint density at radius 1 is 0.857 bits per heavy atom.